The van der Waals surface area contributed by atoms with E-state index in [4.69, 9.17) is 21.1 Å². The highest BCUT2D eigenvalue weighted by Crippen LogP contribution is 2.39. The van der Waals surface area contributed by atoms with Crippen molar-refractivity contribution in [3.63, 3.8) is 0 Å². The van der Waals surface area contributed by atoms with E-state index in [9.17, 15) is 14.4 Å². The average Bonchev–Trinajstić information content (AvgIpc) is 3.46. The molecule has 9 nitrogen and oxygen atoms in total. The zero-order valence-corrected chi connectivity index (χ0v) is 22.5. The third kappa shape index (κ3) is 6.96. The van der Waals surface area contributed by atoms with Crippen molar-refractivity contribution in [2.24, 2.45) is 0 Å². The maximum absolute atomic E-state index is 12.6. The van der Waals surface area contributed by atoms with Crippen LogP contribution in [-0.4, -0.2) is 46.9 Å². The monoisotopic (exact) mass is 566 g/mol. The molecule has 1 aliphatic rings. The number of amides is 2. The third-order valence-corrected chi connectivity index (χ3v) is 8.50. The van der Waals surface area contributed by atoms with E-state index in [1.54, 1.807) is 31.2 Å². The van der Waals surface area contributed by atoms with Gasteiger partial charge in [0.1, 0.15) is 10.8 Å². The summed E-state index contributed by atoms with van der Waals surface area (Å²) >= 11 is 9.62. The van der Waals surface area contributed by atoms with E-state index in [2.05, 4.69) is 20.8 Å². The zero-order valence-electron chi connectivity index (χ0n) is 19.3. The lowest BCUT2D eigenvalue weighted by atomic mass is 9.95. The van der Waals surface area contributed by atoms with Crippen LogP contribution in [0.15, 0.2) is 28.6 Å². The molecule has 2 N–H and O–H groups in total. The summed E-state index contributed by atoms with van der Waals surface area (Å²) in [6.07, 6.45) is 3.81. The number of nitrogens with zero attached hydrogens (tertiary/aromatic N) is 2. The van der Waals surface area contributed by atoms with Gasteiger partial charge in [0.25, 0.3) is 5.91 Å². The number of thioether (sulfide) groups is 1. The van der Waals surface area contributed by atoms with Crippen molar-refractivity contribution < 1.29 is 23.9 Å². The summed E-state index contributed by atoms with van der Waals surface area (Å²) in [4.78, 5) is 38.4. The largest absolute Gasteiger partial charge is 0.484 e. The predicted octanol–water partition coefficient (Wildman–Crippen LogP) is 5.06. The lowest BCUT2D eigenvalue weighted by Crippen LogP contribution is -2.20. The fraction of sp³-hybridized carbons (Fsp3) is 0.348. The van der Waals surface area contributed by atoms with Gasteiger partial charge >= 0.3 is 5.97 Å². The number of hydrogen-bond donors (Lipinski definition) is 2. The van der Waals surface area contributed by atoms with E-state index in [-0.39, 0.29) is 30.8 Å². The molecule has 0 radical (unpaired) electrons. The van der Waals surface area contributed by atoms with Crippen LogP contribution >= 0.6 is 46.0 Å². The summed E-state index contributed by atoms with van der Waals surface area (Å²) in [6, 6.07) is 6.68. The van der Waals surface area contributed by atoms with Crippen molar-refractivity contribution in [1.82, 2.24) is 10.2 Å². The van der Waals surface area contributed by atoms with Crippen molar-refractivity contribution in [1.29, 1.82) is 0 Å². The molecule has 1 aromatic carbocycles. The standard InChI is InChI=1S/C23H23ClN4O5S3/c1-2-32-21(31)19-15-5-3-4-6-16(15)35-20(19)25-18(30)12-34-23-28-27-22(36-23)26-17(29)11-33-14-9-7-13(24)8-10-14/h7-10H,2-6,11-12H2,1H3,(H,25,30)(H,26,27,29). The first-order valence-electron chi connectivity index (χ1n) is 11.2. The van der Waals surface area contributed by atoms with Crippen LogP contribution in [0, 0.1) is 0 Å². The molecule has 0 fully saturated rings. The van der Waals surface area contributed by atoms with Gasteiger partial charge in [-0.15, -0.1) is 21.5 Å². The molecular weight excluding hydrogens is 544 g/mol. The highest BCUT2D eigenvalue weighted by Gasteiger charge is 2.27. The molecule has 3 aromatic rings. The van der Waals surface area contributed by atoms with Gasteiger partial charge in [-0.3, -0.25) is 14.9 Å². The summed E-state index contributed by atoms with van der Waals surface area (Å²) in [5, 5.41) is 14.9. The summed E-state index contributed by atoms with van der Waals surface area (Å²) in [5.74, 6) is -0.450. The molecule has 0 saturated carbocycles. The van der Waals surface area contributed by atoms with Gasteiger partial charge in [-0.05, 0) is 62.4 Å². The van der Waals surface area contributed by atoms with Crippen LogP contribution in [0.2, 0.25) is 5.02 Å². The Morgan fingerprint density at radius 2 is 1.83 bits per heavy atom. The van der Waals surface area contributed by atoms with Crippen molar-refractivity contribution in [2.75, 3.05) is 29.6 Å². The summed E-state index contributed by atoms with van der Waals surface area (Å²) in [5.41, 5.74) is 1.48. The molecule has 13 heteroatoms. The Bertz CT molecular complexity index is 1250. The number of hydrogen-bond acceptors (Lipinski definition) is 10. The van der Waals surface area contributed by atoms with Gasteiger partial charge in [-0.1, -0.05) is 34.7 Å². The van der Waals surface area contributed by atoms with E-state index in [1.165, 1.54) is 23.1 Å². The van der Waals surface area contributed by atoms with Crippen LogP contribution in [0.25, 0.3) is 0 Å². The number of carbonyl (C=O) groups is 3. The van der Waals surface area contributed by atoms with Crippen LogP contribution in [0.4, 0.5) is 10.1 Å². The minimum atomic E-state index is -0.399. The number of thiophene rings is 1. The van der Waals surface area contributed by atoms with Crippen LogP contribution in [0.1, 0.15) is 40.6 Å². The molecule has 1 aliphatic carbocycles. The lowest BCUT2D eigenvalue weighted by molar-refractivity contribution is -0.118. The molecule has 190 valence electrons. The van der Waals surface area contributed by atoms with E-state index >= 15 is 0 Å². The number of carbonyl (C=O) groups excluding carboxylic acids is 3. The summed E-state index contributed by atoms with van der Waals surface area (Å²) in [6.45, 7) is 1.84. The SMILES string of the molecule is CCOC(=O)c1c(NC(=O)CSc2nnc(NC(=O)COc3ccc(Cl)cc3)s2)sc2c1CCCC2. The van der Waals surface area contributed by atoms with Gasteiger partial charge < -0.3 is 14.8 Å². The minimum Gasteiger partial charge on any atom is -0.484 e. The van der Waals surface area contributed by atoms with Crippen LogP contribution < -0.4 is 15.4 Å². The second-order valence-corrected chi connectivity index (χ2v) is 11.4. The Hall–Kier alpha value is -2.67. The first-order valence-corrected chi connectivity index (χ1v) is 14.2. The minimum absolute atomic E-state index is 0.0765. The molecule has 0 atom stereocenters. The van der Waals surface area contributed by atoms with Crippen molar-refractivity contribution in [2.45, 2.75) is 36.9 Å². The number of fused-ring (bicyclic) bond motifs is 1. The van der Waals surface area contributed by atoms with E-state index in [0.29, 0.717) is 30.8 Å². The van der Waals surface area contributed by atoms with Crippen LogP contribution in [-0.2, 0) is 27.2 Å². The van der Waals surface area contributed by atoms with Crippen molar-refractivity contribution in [3.8, 4) is 5.75 Å². The smallest absolute Gasteiger partial charge is 0.341 e. The molecule has 36 heavy (non-hydrogen) atoms. The van der Waals surface area contributed by atoms with Crippen molar-refractivity contribution in [3.05, 3.63) is 45.3 Å². The molecule has 2 amide bonds. The topological polar surface area (TPSA) is 120 Å². The van der Waals surface area contributed by atoms with E-state index in [1.807, 2.05) is 0 Å². The van der Waals surface area contributed by atoms with Gasteiger partial charge in [0.15, 0.2) is 10.9 Å². The second-order valence-electron chi connectivity index (χ2n) is 7.64. The Morgan fingerprint density at radius 1 is 1.06 bits per heavy atom. The van der Waals surface area contributed by atoms with Gasteiger partial charge in [0.2, 0.25) is 11.0 Å². The molecule has 0 bridgehead atoms. The normalized spacial score (nSPS) is 12.5. The summed E-state index contributed by atoms with van der Waals surface area (Å²) < 4.78 is 11.2. The highest BCUT2D eigenvalue weighted by atomic mass is 35.5. The molecule has 2 aromatic heterocycles. The maximum Gasteiger partial charge on any atom is 0.341 e. The number of halogens is 1. The fourth-order valence-corrected chi connectivity index (χ4v) is 6.50. The number of anilines is 2. The first kappa shape index (κ1) is 26.4. The Balaban J connectivity index is 1.28. The van der Waals surface area contributed by atoms with E-state index < -0.39 is 5.97 Å². The van der Waals surface area contributed by atoms with Gasteiger partial charge in [0, 0.05) is 9.90 Å². The molecular formula is C23H23ClN4O5S3. The quantitative estimate of drug-likeness (QED) is 0.199. The summed E-state index contributed by atoms with van der Waals surface area (Å²) in [7, 11) is 0. The lowest BCUT2D eigenvalue weighted by Gasteiger charge is -2.12. The number of benzene rings is 1. The Morgan fingerprint density at radius 3 is 2.61 bits per heavy atom. The highest BCUT2D eigenvalue weighted by molar-refractivity contribution is 8.01. The Labute approximate surface area is 224 Å². The number of esters is 1. The van der Waals surface area contributed by atoms with E-state index in [0.717, 1.165) is 47.5 Å². The molecule has 0 saturated heterocycles. The molecule has 2 heterocycles. The molecule has 0 aliphatic heterocycles. The van der Waals surface area contributed by atoms with Crippen LogP contribution in [0.5, 0.6) is 5.75 Å². The molecule has 0 unspecified atom stereocenters. The zero-order chi connectivity index (χ0) is 25.5. The van der Waals surface area contributed by atoms with Crippen LogP contribution in [0.3, 0.4) is 0 Å². The molecule has 4 rings (SSSR count). The maximum atomic E-state index is 12.6. The average molecular weight is 567 g/mol. The fourth-order valence-electron chi connectivity index (χ4n) is 3.52. The molecule has 0 spiro atoms. The number of aromatic nitrogens is 2. The van der Waals surface area contributed by atoms with Gasteiger partial charge in [-0.2, -0.15) is 0 Å². The Kier molecular flexibility index (Phi) is 9.19. The third-order valence-electron chi connectivity index (χ3n) is 5.07. The number of ether oxygens (including phenoxy) is 2. The number of rotatable bonds is 10. The van der Waals surface area contributed by atoms with Crippen molar-refractivity contribution >= 4 is 74.0 Å². The van der Waals surface area contributed by atoms with Gasteiger partial charge in [0.05, 0.1) is 17.9 Å². The number of nitrogens with one attached hydrogen (secondary N) is 2. The predicted molar refractivity (Wildman–Crippen MR) is 142 cm³/mol. The first-order chi connectivity index (χ1) is 17.4. The van der Waals surface area contributed by atoms with Gasteiger partial charge in [-0.25, -0.2) is 4.79 Å². The second kappa shape index (κ2) is 12.5. The number of aryl methyl sites for hydroxylation is 1.